The third kappa shape index (κ3) is 1.29. The summed E-state index contributed by atoms with van der Waals surface area (Å²) in [5.41, 5.74) is -0.573. The van der Waals surface area contributed by atoms with E-state index in [9.17, 15) is 4.79 Å². The lowest BCUT2D eigenvalue weighted by Crippen LogP contribution is -2.34. The van der Waals surface area contributed by atoms with Crippen LogP contribution in [0.4, 0.5) is 0 Å². The van der Waals surface area contributed by atoms with E-state index in [0.717, 1.165) is 0 Å². The smallest absolute Gasteiger partial charge is 0.156 e. The largest absolute Gasteiger partial charge is 0.297 e. The molecular weight excluding hydrogens is 142 g/mol. The maximum absolute atomic E-state index is 11.1. The van der Waals surface area contributed by atoms with Gasteiger partial charge in [0.2, 0.25) is 0 Å². The third-order valence-electron chi connectivity index (χ3n) is 1.86. The zero-order chi connectivity index (χ0) is 8.48. The molecule has 0 bridgehead atoms. The number of hydrogen-bond acceptors (Lipinski definition) is 3. The molecule has 0 fully saturated rings. The highest BCUT2D eigenvalue weighted by atomic mass is 16.1. The molecule has 1 aromatic heterocycles. The highest BCUT2D eigenvalue weighted by Crippen LogP contribution is 2.13. The molecule has 0 amide bonds. The average Bonchev–Trinajstić information content (AvgIpc) is 2.37. The first-order valence-corrected chi connectivity index (χ1v) is 3.43. The number of nitrogens with zero attached hydrogens (tertiary/aromatic N) is 3. The molecular formula is C7H11N3O. The summed E-state index contributed by atoms with van der Waals surface area (Å²) in [5, 5.41) is 7.39. The van der Waals surface area contributed by atoms with Crippen LogP contribution in [0, 0.1) is 0 Å². The van der Waals surface area contributed by atoms with Crippen LogP contribution in [0.1, 0.15) is 20.8 Å². The Kier molecular flexibility index (Phi) is 1.76. The van der Waals surface area contributed by atoms with Crippen molar-refractivity contribution in [2.75, 3.05) is 0 Å². The van der Waals surface area contributed by atoms with Gasteiger partial charge in [-0.1, -0.05) is 5.21 Å². The molecule has 0 aliphatic heterocycles. The van der Waals surface area contributed by atoms with Gasteiger partial charge in [0, 0.05) is 6.20 Å². The van der Waals surface area contributed by atoms with Crippen LogP contribution in [0.5, 0.6) is 0 Å². The molecule has 0 saturated carbocycles. The van der Waals surface area contributed by atoms with Crippen molar-refractivity contribution in [3.8, 4) is 0 Å². The SMILES string of the molecule is CC(=O)C(C)(C)n1ccnn1. The lowest BCUT2D eigenvalue weighted by atomic mass is 10.0. The second-order valence-electron chi connectivity index (χ2n) is 2.96. The summed E-state index contributed by atoms with van der Waals surface area (Å²) in [4.78, 5) is 11.1. The minimum Gasteiger partial charge on any atom is -0.297 e. The topological polar surface area (TPSA) is 47.8 Å². The van der Waals surface area contributed by atoms with Crippen LogP contribution in [-0.2, 0) is 10.3 Å². The lowest BCUT2D eigenvalue weighted by Gasteiger charge is -2.20. The lowest BCUT2D eigenvalue weighted by molar-refractivity contribution is -0.124. The van der Waals surface area contributed by atoms with Gasteiger partial charge in [0.05, 0.1) is 6.20 Å². The molecule has 1 aromatic rings. The Morgan fingerprint density at radius 2 is 2.18 bits per heavy atom. The molecule has 0 radical (unpaired) electrons. The van der Waals surface area contributed by atoms with E-state index >= 15 is 0 Å². The summed E-state index contributed by atoms with van der Waals surface area (Å²) < 4.78 is 1.55. The fourth-order valence-corrected chi connectivity index (χ4v) is 0.668. The monoisotopic (exact) mass is 153 g/mol. The molecule has 1 heterocycles. The normalized spacial score (nSPS) is 11.5. The van der Waals surface area contributed by atoms with Crippen LogP contribution in [-0.4, -0.2) is 20.8 Å². The van der Waals surface area contributed by atoms with Crippen molar-refractivity contribution in [2.24, 2.45) is 0 Å². The fourth-order valence-electron chi connectivity index (χ4n) is 0.668. The van der Waals surface area contributed by atoms with Crippen LogP contribution >= 0.6 is 0 Å². The summed E-state index contributed by atoms with van der Waals surface area (Å²) in [5.74, 6) is 0.0722. The second kappa shape index (κ2) is 2.45. The first-order chi connectivity index (χ1) is 5.05. The van der Waals surface area contributed by atoms with Crippen molar-refractivity contribution in [2.45, 2.75) is 26.3 Å². The highest BCUT2D eigenvalue weighted by molar-refractivity contribution is 5.83. The molecule has 0 aliphatic rings. The Labute approximate surface area is 65.2 Å². The summed E-state index contributed by atoms with van der Waals surface area (Å²) >= 11 is 0. The molecule has 11 heavy (non-hydrogen) atoms. The van der Waals surface area contributed by atoms with E-state index in [2.05, 4.69) is 10.3 Å². The second-order valence-corrected chi connectivity index (χ2v) is 2.96. The number of carbonyl (C=O) groups is 1. The number of aromatic nitrogens is 3. The molecule has 0 saturated heterocycles. The van der Waals surface area contributed by atoms with Crippen LogP contribution < -0.4 is 0 Å². The van der Waals surface area contributed by atoms with Crippen molar-refractivity contribution in [3.63, 3.8) is 0 Å². The Hall–Kier alpha value is -1.19. The van der Waals surface area contributed by atoms with Gasteiger partial charge in [-0.2, -0.15) is 0 Å². The first kappa shape index (κ1) is 7.91. The molecule has 60 valence electrons. The number of carbonyl (C=O) groups excluding carboxylic acids is 1. The quantitative estimate of drug-likeness (QED) is 0.625. The van der Waals surface area contributed by atoms with Gasteiger partial charge in [0.25, 0.3) is 0 Å². The van der Waals surface area contributed by atoms with Crippen molar-refractivity contribution in [1.82, 2.24) is 15.0 Å². The zero-order valence-corrected chi connectivity index (χ0v) is 6.90. The fraction of sp³-hybridized carbons (Fsp3) is 0.571. The molecule has 0 aliphatic carbocycles. The summed E-state index contributed by atoms with van der Waals surface area (Å²) in [6.45, 7) is 5.16. The van der Waals surface area contributed by atoms with E-state index in [-0.39, 0.29) is 5.78 Å². The Morgan fingerprint density at radius 3 is 2.55 bits per heavy atom. The Bertz CT molecular complexity index is 251. The summed E-state index contributed by atoms with van der Waals surface area (Å²) in [7, 11) is 0. The van der Waals surface area contributed by atoms with E-state index in [1.807, 2.05) is 13.8 Å². The van der Waals surface area contributed by atoms with Crippen molar-refractivity contribution in [1.29, 1.82) is 0 Å². The van der Waals surface area contributed by atoms with Crippen molar-refractivity contribution >= 4 is 5.78 Å². The number of ketones is 1. The van der Waals surface area contributed by atoms with Crippen LogP contribution in [0.2, 0.25) is 0 Å². The molecule has 1 rings (SSSR count). The Balaban J connectivity index is 3.00. The molecule has 0 aromatic carbocycles. The van der Waals surface area contributed by atoms with Crippen LogP contribution in [0.3, 0.4) is 0 Å². The van der Waals surface area contributed by atoms with E-state index in [1.54, 1.807) is 24.0 Å². The van der Waals surface area contributed by atoms with Gasteiger partial charge in [-0.25, -0.2) is 4.68 Å². The van der Waals surface area contributed by atoms with Crippen molar-refractivity contribution < 1.29 is 4.79 Å². The average molecular weight is 153 g/mol. The predicted octanol–water partition coefficient (Wildman–Crippen LogP) is 0.602. The molecule has 0 unspecified atom stereocenters. The molecule has 4 heteroatoms. The zero-order valence-electron chi connectivity index (χ0n) is 6.90. The van der Waals surface area contributed by atoms with Crippen LogP contribution in [0.15, 0.2) is 12.4 Å². The molecule has 0 spiro atoms. The molecule has 0 N–H and O–H groups in total. The minimum absolute atomic E-state index is 0.0722. The Morgan fingerprint density at radius 1 is 1.55 bits per heavy atom. The standard InChI is InChI=1S/C7H11N3O/c1-6(11)7(2,3)10-5-4-8-9-10/h4-5H,1-3H3. The molecule has 0 atom stereocenters. The molecule has 4 nitrogen and oxygen atoms in total. The number of Topliss-reactive ketones (excluding diaryl/α,β-unsaturated/α-hetero) is 1. The van der Waals surface area contributed by atoms with Gasteiger partial charge in [0.1, 0.15) is 5.54 Å². The third-order valence-corrected chi connectivity index (χ3v) is 1.86. The van der Waals surface area contributed by atoms with Crippen LogP contribution in [0.25, 0.3) is 0 Å². The van der Waals surface area contributed by atoms with E-state index < -0.39 is 5.54 Å². The minimum atomic E-state index is -0.573. The van der Waals surface area contributed by atoms with E-state index in [4.69, 9.17) is 0 Å². The van der Waals surface area contributed by atoms with Crippen molar-refractivity contribution in [3.05, 3.63) is 12.4 Å². The van der Waals surface area contributed by atoms with Gasteiger partial charge in [-0.3, -0.25) is 4.79 Å². The van der Waals surface area contributed by atoms with Gasteiger partial charge < -0.3 is 0 Å². The van der Waals surface area contributed by atoms with E-state index in [0.29, 0.717) is 0 Å². The summed E-state index contributed by atoms with van der Waals surface area (Å²) in [6.07, 6.45) is 3.24. The maximum atomic E-state index is 11.1. The number of rotatable bonds is 2. The van der Waals surface area contributed by atoms with E-state index in [1.165, 1.54) is 0 Å². The van der Waals surface area contributed by atoms with Gasteiger partial charge in [0.15, 0.2) is 5.78 Å². The summed E-state index contributed by atoms with van der Waals surface area (Å²) in [6, 6.07) is 0. The van der Waals surface area contributed by atoms with Gasteiger partial charge >= 0.3 is 0 Å². The van der Waals surface area contributed by atoms with Gasteiger partial charge in [-0.15, -0.1) is 5.10 Å². The maximum Gasteiger partial charge on any atom is 0.156 e. The predicted molar refractivity (Wildman–Crippen MR) is 40.0 cm³/mol. The number of hydrogen-bond donors (Lipinski definition) is 0. The van der Waals surface area contributed by atoms with Gasteiger partial charge in [-0.05, 0) is 20.8 Å². The first-order valence-electron chi connectivity index (χ1n) is 3.43. The highest BCUT2D eigenvalue weighted by Gasteiger charge is 2.26.